The molecule has 156 valence electrons. The van der Waals surface area contributed by atoms with Gasteiger partial charge in [-0.25, -0.2) is 8.42 Å². The molecule has 0 radical (unpaired) electrons. The van der Waals surface area contributed by atoms with Crippen molar-refractivity contribution in [2.24, 2.45) is 4.99 Å². The molecule has 1 fully saturated rings. The lowest BCUT2D eigenvalue weighted by Crippen LogP contribution is -2.40. The predicted octanol–water partition coefficient (Wildman–Crippen LogP) is 2.57. The smallest absolute Gasteiger partial charge is 0.246 e. The third kappa shape index (κ3) is 4.69. The van der Waals surface area contributed by atoms with Gasteiger partial charge in [-0.1, -0.05) is 6.07 Å². The molecule has 1 saturated heterocycles. The van der Waals surface area contributed by atoms with Crippen LogP contribution in [0.5, 0.6) is 17.2 Å². The Hall–Kier alpha value is -2.62. The highest BCUT2D eigenvalue weighted by Crippen LogP contribution is 2.32. The van der Waals surface area contributed by atoms with E-state index in [0.29, 0.717) is 36.8 Å². The number of hydrogen-bond donors (Lipinski definition) is 1. The summed E-state index contributed by atoms with van der Waals surface area (Å²) in [6.07, 6.45) is 1.46. The van der Waals surface area contributed by atoms with Gasteiger partial charge in [-0.2, -0.15) is 4.31 Å². The lowest BCUT2D eigenvalue weighted by Gasteiger charge is -2.26. The Kier molecular flexibility index (Phi) is 6.73. The first-order valence-electron chi connectivity index (χ1n) is 9.22. The van der Waals surface area contributed by atoms with Crippen LogP contribution in [0.1, 0.15) is 12.5 Å². The van der Waals surface area contributed by atoms with Crippen molar-refractivity contribution in [2.75, 3.05) is 40.0 Å². The highest BCUT2D eigenvalue weighted by molar-refractivity contribution is 7.89. The zero-order valence-electron chi connectivity index (χ0n) is 16.4. The van der Waals surface area contributed by atoms with Gasteiger partial charge in [0.2, 0.25) is 10.0 Å². The van der Waals surface area contributed by atoms with E-state index in [1.807, 2.05) is 6.92 Å². The summed E-state index contributed by atoms with van der Waals surface area (Å²) in [6, 6.07) is 9.78. The second-order valence-corrected chi connectivity index (χ2v) is 8.14. The Morgan fingerprint density at radius 1 is 1.21 bits per heavy atom. The summed E-state index contributed by atoms with van der Waals surface area (Å²) in [4.78, 5) is 4.37. The molecular weight excluding hydrogens is 396 g/mol. The minimum absolute atomic E-state index is 0.0206. The number of sulfonamides is 1. The minimum atomic E-state index is -3.75. The average molecular weight is 420 g/mol. The molecule has 8 nitrogen and oxygen atoms in total. The Labute approximate surface area is 170 Å². The Morgan fingerprint density at radius 2 is 1.97 bits per heavy atom. The van der Waals surface area contributed by atoms with Gasteiger partial charge >= 0.3 is 0 Å². The third-order valence-electron chi connectivity index (χ3n) is 4.42. The molecule has 2 aromatic rings. The van der Waals surface area contributed by atoms with E-state index in [0.717, 1.165) is 0 Å². The number of aromatic hydroxyl groups is 1. The molecule has 1 heterocycles. The monoisotopic (exact) mass is 420 g/mol. The van der Waals surface area contributed by atoms with E-state index in [1.54, 1.807) is 30.3 Å². The summed E-state index contributed by atoms with van der Waals surface area (Å²) in [5, 5.41) is 10.3. The summed E-state index contributed by atoms with van der Waals surface area (Å²) in [5.74, 6) is 0.589. The fourth-order valence-electron chi connectivity index (χ4n) is 2.93. The van der Waals surface area contributed by atoms with Crippen molar-refractivity contribution in [3.63, 3.8) is 0 Å². The van der Waals surface area contributed by atoms with Crippen LogP contribution < -0.4 is 9.47 Å². The van der Waals surface area contributed by atoms with Crippen LogP contribution in [0.2, 0.25) is 0 Å². The van der Waals surface area contributed by atoms with Crippen LogP contribution in [0, 0.1) is 0 Å². The molecule has 1 aliphatic rings. The van der Waals surface area contributed by atoms with Crippen LogP contribution in [0.4, 0.5) is 5.69 Å². The second kappa shape index (κ2) is 9.25. The molecule has 1 aliphatic heterocycles. The molecule has 0 spiro atoms. The first-order valence-corrected chi connectivity index (χ1v) is 10.7. The maximum atomic E-state index is 13.0. The Balaban J connectivity index is 1.93. The van der Waals surface area contributed by atoms with Crippen LogP contribution in [0.25, 0.3) is 0 Å². The highest BCUT2D eigenvalue weighted by Gasteiger charge is 2.29. The molecule has 0 amide bonds. The Morgan fingerprint density at radius 3 is 2.66 bits per heavy atom. The predicted molar refractivity (Wildman–Crippen MR) is 109 cm³/mol. The van der Waals surface area contributed by atoms with Gasteiger partial charge in [0.05, 0.1) is 32.6 Å². The molecule has 2 aromatic carbocycles. The molecule has 0 saturated carbocycles. The SMILES string of the molecule is CCOc1cccc(C=Nc2ccc(OC)c(S(=O)(=O)N3CCOCC3)c2)c1O. The van der Waals surface area contributed by atoms with Crippen molar-refractivity contribution in [1.29, 1.82) is 0 Å². The first-order chi connectivity index (χ1) is 14.0. The average Bonchev–Trinajstić information content (AvgIpc) is 2.75. The molecule has 3 rings (SSSR count). The molecule has 1 N–H and O–H groups in total. The van der Waals surface area contributed by atoms with Crippen molar-refractivity contribution >= 4 is 21.9 Å². The summed E-state index contributed by atoms with van der Waals surface area (Å²) in [5.41, 5.74) is 0.878. The normalized spacial score (nSPS) is 15.5. The van der Waals surface area contributed by atoms with Crippen molar-refractivity contribution in [3.05, 3.63) is 42.0 Å². The van der Waals surface area contributed by atoms with Crippen molar-refractivity contribution in [2.45, 2.75) is 11.8 Å². The number of benzene rings is 2. The highest BCUT2D eigenvalue weighted by atomic mass is 32.2. The zero-order chi connectivity index (χ0) is 20.9. The maximum absolute atomic E-state index is 13.0. The van der Waals surface area contributed by atoms with Gasteiger partial charge < -0.3 is 19.3 Å². The van der Waals surface area contributed by atoms with Gasteiger partial charge in [0.15, 0.2) is 11.5 Å². The van der Waals surface area contributed by atoms with Gasteiger partial charge in [0, 0.05) is 24.9 Å². The van der Waals surface area contributed by atoms with E-state index < -0.39 is 10.0 Å². The van der Waals surface area contributed by atoms with E-state index in [9.17, 15) is 13.5 Å². The van der Waals surface area contributed by atoms with Crippen LogP contribution in [-0.4, -0.2) is 64.1 Å². The summed E-state index contributed by atoms with van der Waals surface area (Å²) >= 11 is 0. The number of phenolic OH excluding ortho intramolecular Hbond substituents is 1. The lowest BCUT2D eigenvalue weighted by atomic mass is 10.2. The third-order valence-corrected chi connectivity index (χ3v) is 6.34. The second-order valence-electron chi connectivity index (χ2n) is 6.24. The van der Waals surface area contributed by atoms with E-state index in [-0.39, 0.29) is 29.5 Å². The molecule has 29 heavy (non-hydrogen) atoms. The van der Waals surface area contributed by atoms with E-state index in [2.05, 4.69) is 4.99 Å². The molecule has 0 aliphatic carbocycles. The van der Waals surface area contributed by atoms with Gasteiger partial charge in [-0.3, -0.25) is 4.99 Å². The summed E-state index contributed by atoms with van der Waals surface area (Å²) in [7, 11) is -2.32. The van der Waals surface area contributed by atoms with Gasteiger partial charge in [0.25, 0.3) is 0 Å². The number of para-hydroxylation sites is 1. The molecule has 0 aromatic heterocycles. The topological polar surface area (TPSA) is 97.7 Å². The summed E-state index contributed by atoms with van der Waals surface area (Å²) in [6.45, 7) is 3.54. The van der Waals surface area contributed by atoms with Gasteiger partial charge in [-0.15, -0.1) is 0 Å². The summed E-state index contributed by atoms with van der Waals surface area (Å²) < 4.78 is 43.3. The number of ether oxygens (including phenoxy) is 3. The maximum Gasteiger partial charge on any atom is 0.246 e. The number of nitrogens with zero attached hydrogens (tertiary/aromatic N) is 2. The molecule has 9 heteroatoms. The molecular formula is C20H24N2O6S. The number of morpholine rings is 1. The van der Waals surface area contributed by atoms with Crippen molar-refractivity contribution < 1.29 is 27.7 Å². The standard InChI is InChI=1S/C20H24N2O6S/c1-3-28-18-6-4-5-15(20(18)23)14-21-16-7-8-17(26-2)19(13-16)29(24,25)22-9-11-27-12-10-22/h4-8,13-14,23H,3,9-12H2,1-2H3. The largest absolute Gasteiger partial charge is 0.504 e. The first kappa shape index (κ1) is 21.1. The number of rotatable bonds is 7. The molecule has 0 unspecified atom stereocenters. The lowest BCUT2D eigenvalue weighted by molar-refractivity contribution is 0.0729. The van der Waals surface area contributed by atoms with Crippen LogP contribution in [-0.2, 0) is 14.8 Å². The number of aliphatic imine (C=N–C) groups is 1. The fraction of sp³-hybridized carbons (Fsp3) is 0.350. The number of phenols is 1. The van der Waals surface area contributed by atoms with Crippen LogP contribution in [0.15, 0.2) is 46.3 Å². The van der Waals surface area contributed by atoms with Crippen LogP contribution in [0.3, 0.4) is 0 Å². The fourth-order valence-corrected chi connectivity index (χ4v) is 4.52. The van der Waals surface area contributed by atoms with Crippen molar-refractivity contribution in [3.8, 4) is 17.2 Å². The molecule has 0 bridgehead atoms. The van der Waals surface area contributed by atoms with Crippen molar-refractivity contribution in [1.82, 2.24) is 4.31 Å². The van der Waals surface area contributed by atoms with E-state index >= 15 is 0 Å². The Bertz CT molecular complexity index is 984. The van der Waals surface area contributed by atoms with Gasteiger partial charge in [-0.05, 0) is 37.3 Å². The number of methoxy groups -OCH3 is 1. The van der Waals surface area contributed by atoms with E-state index in [4.69, 9.17) is 14.2 Å². The number of hydrogen-bond acceptors (Lipinski definition) is 7. The zero-order valence-corrected chi connectivity index (χ0v) is 17.2. The molecule has 0 atom stereocenters. The van der Waals surface area contributed by atoms with E-state index in [1.165, 1.54) is 23.7 Å². The van der Waals surface area contributed by atoms with Gasteiger partial charge in [0.1, 0.15) is 10.6 Å². The van der Waals surface area contributed by atoms with Crippen LogP contribution >= 0.6 is 0 Å². The minimum Gasteiger partial charge on any atom is -0.504 e. The quantitative estimate of drug-likeness (QED) is 0.692.